The van der Waals surface area contributed by atoms with Gasteiger partial charge in [0.25, 0.3) is 0 Å². The van der Waals surface area contributed by atoms with Crippen LogP contribution in [0.15, 0.2) is 23.8 Å². The number of alkyl halides is 1. The van der Waals surface area contributed by atoms with Gasteiger partial charge in [-0.2, -0.15) is 0 Å². The predicted octanol–water partition coefficient (Wildman–Crippen LogP) is 1.80. The van der Waals surface area contributed by atoms with Crippen molar-refractivity contribution in [1.82, 2.24) is 15.5 Å². The summed E-state index contributed by atoms with van der Waals surface area (Å²) in [5.74, 6) is 0.940. The number of piperidine rings is 1. The molecule has 5 nitrogen and oxygen atoms in total. The van der Waals surface area contributed by atoms with Crippen molar-refractivity contribution < 1.29 is 14.2 Å². The van der Waals surface area contributed by atoms with Gasteiger partial charge in [0.1, 0.15) is 6.17 Å². The number of nitrogens with one attached hydrogen (secondary N) is 2. The molecule has 152 valence electrons. The van der Waals surface area contributed by atoms with Crippen molar-refractivity contribution in [3.8, 4) is 0 Å². The van der Waals surface area contributed by atoms with E-state index in [4.69, 9.17) is 4.74 Å². The van der Waals surface area contributed by atoms with E-state index in [-0.39, 0.29) is 12.0 Å². The molecule has 2 fully saturated rings. The van der Waals surface area contributed by atoms with Gasteiger partial charge >= 0.3 is 0 Å². The van der Waals surface area contributed by atoms with Crippen LogP contribution in [0, 0.1) is 17.8 Å². The Balaban J connectivity index is 1.49. The molecule has 8 unspecified atom stereocenters. The molecule has 0 saturated carbocycles. The number of nitrogens with zero attached hydrogens (tertiary/aromatic N) is 1. The summed E-state index contributed by atoms with van der Waals surface area (Å²) in [5.41, 5.74) is 1.50. The van der Waals surface area contributed by atoms with E-state index in [9.17, 15) is 9.50 Å². The van der Waals surface area contributed by atoms with Gasteiger partial charge in [0.2, 0.25) is 0 Å². The minimum atomic E-state index is -0.806. The molecule has 4 aliphatic rings. The van der Waals surface area contributed by atoms with Gasteiger partial charge in [-0.3, -0.25) is 10.2 Å². The van der Waals surface area contributed by atoms with Crippen LogP contribution in [0.25, 0.3) is 0 Å². The summed E-state index contributed by atoms with van der Waals surface area (Å²) < 4.78 is 19.1. The van der Waals surface area contributed by atoms with Crippen LogP contribution in [-0.4, -0.2) is 67.5 Å². The van der Waals surface area contributed by atoms with Crippen LogP contribution < -0.4 is 10.6 Å². The van der Waals surface area contributed by atoms with Crippen molar-refractivity contribution in [3.63, 3.8) is 0 Å². The molecule has 27 heavy (non-hydrogen) atoms. The molecule has 3 heterocycles. The second-order valence-corrected chi connectivity index (χ2v) is 8.72. The first-order valence-electron chi connectivity index (χ1n) is 10.5. The van der Waals surface area contributed by atoms with Crippen LogP contribution in [0.1, 0.15) is 32.6 Å². The topological polar surface area (TPSA) is 56.8 Å². The minimum Gasteiger partial charge on any atom is -0.367 e. The highest BCUT2D eigenvalue weighted by Crippen LogP contribution is 2.38. The normalized spacial score (nSPS) is 44.0. The maximum absolute atomic E-state index is 13.9. The zero-order valence-corrected chi connectivity index (χ0v) is 16.5. The summed E-state index contributed by atoms with van der Waals surface area (Å²) in [7, 11) is 1.57. The molecule has 0 amide bonds. The molecular weight excluding hydrogens is 345 g/mol. The van der Waals surface area contributed by atoms with Crippen LogP contribution in [0.4, 0.5) is 4.39 Å². The molecule has 0 radical (unpaired) electrons. The molecule has 6 heteroatoms. The van der Waals surface area contributed by atoms with Crippen LogP contribution >= 0.6 is 0 Å². The number of methoxy groups -OCH3 is 1. The van der Waals surface area contributed by atoms with Gasteiger partial charge in [-0.05, 0) is 50.0 Å². The Morgan fingerprint density at radius 2 is 2.15 bits per heavy atom. The van der Waals surface area contributed by atoms with Gasteiger partial charge in [-0.25, -0.2) is 4.39 Å². The molecule has 0 bridgehead atoms. The van der Waals surface area contributed by atoms with Gasteiger partial charge < -0.3 is 15.2 Å². The lowest BCUT2D eigenvalue weighted by Crippen LogP contribution is -2.52. The molecule has 8 atom stereocenters. The first-order chi connectivity index (χ1) is 13.1. The Labute approximate surface area is 162 Å². The number of allylic oxidation sites excluding steroid dienone is 1. The first kappa shape index (κ1) is 19.5. The molecule has 0 aromatic heterocycles. The number of halogens is 1. The first-order valence-corrected chi connectivity index (χ1v) is 10.5. The summed E-state index contributed by atoms with van der Waals surface area (Å²) in [6, 6.07) is 0.327. The van der Waals surface area contributed by atoms with Crippen LogP contribution in [0.2, 0.25) is 0 Å². The average molecular weight is 380 g/mol. The zero-order chi connectivity index (χ0) is 19.0. The fraction of sp³-hybridized carbons (Fsp3) is 0.810. The van der Waals surface area contributed by atoms with Crippen molar-refractivity contribution in [2.45, 2.75) is 63.3 Å². The molecule has 1 aliphatic carbocycles. The Kier molecular flexibility index (Phi) is 6.00. The van der Waals surface area contributed by atoms with Crippen LogP contribution in [0.5, 0.6) is 0 Å². The summed E-state index contributed by atoms with van der Waals surface area (Å²) in [6.45, 7) is 4.74. The lowest BCUT2D eigenvalue weighted by Gasteiger charge is -2.43. The molecular formula is C21H34FN3O2. The van der Waals surface area contributed by atoms with Gasteiger partial charge in [-0.1, -0.05) is 30.7 Å². The van der Waals surface area contributed by atoms with Crippen molar-refractivity contribution in [3.05, 3.63) is 23.8 Å². The molecule has 2 saturated heterocycles. The summed E-state index contributed by atoms with van der Waals surface area (Å²) >= 11 is 0. The van der Waals surface area contributed by atoms with Gasteiger partial charge in [0.05, 0.1) is 12.2 Å². The predicted molar refractivity (Wildman–Crippen MR) is 104 cm³/mol. The average Bonchev–Trinajstić information content (AvgIpc) is 3.12. The number of fused-ring (bicyclic) bond motifs is 1. The smallest absolute Gasteiger partial charge is 0.171 e. The van der Waals surface area contributed by atoms with Crippen molar-refractivity contribution in [1.29, 1.82) is 0 Å². The molecule has 0 aromatic carbocycles. The standard InChI is InChI=1S/C21H34FN3O2/c1-13-10-14(5-7-17(13)22)20-16(4-3-9-23-20)15-6-8-19-24-11-18(21(26)27-2)25(19)12-15/h4-5,7,13-15,17-21,23-24,26H,3,6,8-12H2,1-2H3. The lowest BCUT2D eigenvalue weighted by molar-refractivity contribution is -0.122. The molecule has 0 spiro atoms. The lowest BCUT2D eigenvalue weighted by atomic mass is 9.74. The van der Waals surface area contributed by atoms with Gasteiger partial charge in [-0.15, -0.1) is 0 Å². The van der Waals surface area contributed by atoms with Gasteiger partial charge in [0.15, 0.2) is 6.29 Å². The summed E-state index contributed by atoms with van der Waals surface area (Å²) in [5, 5.41) is 17.5. The highest BCUT2D eigenvalue weighted by Gasteiger charge is 2.43. The quantitative estimate of drug-likeness (QED) is 0.514. The van der Waals surface area contributed by atoms with E-state index in [0.29, 0.717) is 24.0 Å². The number of hydrogen-bond acceptors (Lipinski definition) is 5. The van der Waals surface area contributed by atoms with E-state index in [1.807, 2.05) is 6.92 Å². The third-order valence-corrected chi connectivity index (χ3v) is 7.06. The van der Waals surface area contributed by atoms with E-state index in [1.165, 1.54) is 5.57 Å². The Morgan fingerprint density at radius 3 is 2.93 bits per heavy atom. The SMILES string of the molecule is COC(O)C1CNC2CCC(C3=CCCNC3C3C=CC(F)C(C)C3)CN21. The highest BCUT2D eigenvalue weighted by molar-refractivity contribution is 5.24. The molecule has 3 aliphatic heterocycles. The third-order valence-electron chi connectivity index (χ3n) is 7.06. The van der Waals surface area contributed by atoms with E-state index >= 15 is 0 Å². The Hall–Kier alpha value is -0.790. The Bertz CT molecular complexity index is 584. The largest absolute Gasteiger partial charge is 0.367 e. The van der Waals surface area contributed by atoms with E-state index in [2.05, 4.69) is 27.7 Å². The molecule has 3 N–H and O–H groups in total. The van der Waals surface area contributed by atoms with E-state index in [1.54, 1.807) is 13.2 Å². The molecule has 4 rings (SSSR count). The second-order valence-electron chi connectivity index (χ2n) is 8.72. The fourth-order valence-electron chi connectivity index (χ4n) is 5.52. The molecule has 0 aromatic rings. The minimum absolute atomic E-state index is 0.0142. The number of aliphatic hydroxyl groups excluding tert-OH is 1. The second kappa shape index (κ2) is 8.29. The maximum atomic E-state index is 13.9. The number of ether oxygens (including phenoxy) is 1. The Morgan fingerprint density at radius 1 is 1.30 bits per heavy atom. The zero-order valence-electron chi connectivity index (χ0n) is 16.5. The van der Waals surface area contributed by atoms with E-state index < -0.39 is 12.5 Å². The van der Waals surface area contributed by atoms with Crippen molar-refractivity contribution in [2.75, 3.05) is 26.7 Å². The summed E-state index contributed by atoms with van der Waals surface area (Å²) in [6.07, 6.45) is 9.28. The van der Waals surface area contributed by atoms with Crippen molar-refractivity contribution >= 4 is 0 Å². The number of rotatable bonds is 4. The van der Waals surface area contributed by atoms with Gasteiger partial charge in [0, 0.05) is 26.2 Å². The fourth-order valence-corrected chi connectivity index (χ4v) is 5.52. The number of aliphatic hydroxyl groups is 1. The van der Waals surface area contributed by atoms with Crippen LogP contribution in [-0.2, 0) is 4.74 Å². The maximum Gasteiger partial charge on any atom is 0.171 e. The summed E-state index contributed by atoms with van der Waals surface area (Å²) in [4.78, 5) is 2.39. The van der Waals surface area contributed by atoms with Crippen LogP contribution in [0.3, 0.4) is 0 Å². The monoisotopic (exact) mass is 379 g/mol. The highest BCUT2D eigenvalue weighted by atomic mass is 19.1. The van der Waals surface area contributed by atoms with E-state index in [0.717, 1.165) is 45.3 Å². The third kappa shape index (κ3) is 3.87. The van der Waals surface area contributed by atoms with Crippen molar-refractivity contribution in [2.24, 2.45) is 17.8 Å². The number of hydrogen-bond donors (Lipinski definition) is 3.